The molecule has 0 aliphatic rings. The molecule has 3 rings (SSSR count). The molecular weight excluding hydrogens is 374 g/mol. The van der Waals surface area contributed by atoms with Crippen molar-refractivity contribution in [2.75, 3.05) is 20.6 Å². The van der Waals surface area contributed by atoms with Gasteiger partial charge < -0.3 is 15.2 Å². The van der Waals surface area contributed by atoms with E-state index < -0.39 is 0 Å². The van der Waals surface area contributed by atoms with Gasteiger partial charge in [-0.05, 0) is 78.2 Å². The number of nitrogens with zero attached hydrogens (tertiary/aromatic N) is 1. The van der Waals surface area contributed by atoms with E-state index in [0.29, 0.717) is 18.5 Å². The molecule has 2 aromatic carbocycles. The number of benzene rings is 2. The molecule has 30 heavy (non-hydrogen) atoms. The van der Waals surface area contributed by atoms with E-state index in [1.54, 1.807) is 21.0 Å². The summed E-state index contributed by atoms with van der Waals surface area (Å²) >= 11 is 0. The predicted molar refractivity (Wildman–Crippen MR) is 123 cm³/mol. The third-order valence-electron chi connectivity index (χ3n) is 5.33. The average Bonchev–Trinajstić information content (AvgIpc) is 3.17. The van der Waals surface area contributed by atoms with Crippen LogP contribution in [0.2, 0.25) is 0 Å². The zero-order valence-electron chi connectivity index (χ0n) is 18.3. The van der Waals surface area contributed by atoms with Crippen LogP contribution >= 0.6 is 0 Å². The van der Waals surface area contributed by atoms with Crippen LogP contribution in [0, 0.1) is 13.8 Å². The molecule has 0 saturated carbocycles. The smallest absolute Gasteiger partial charge is 0.246 e. The molecule has 0 saturated heterocycles. The van der Waals surface area contributed by atoms with Crippen molar-refractivity contribution in [1.29, 1.82) is 0 Å². The maximum atomic E-state index is 12.4. The van der Waals surface area contributed by atoms with E-state index in [-0.39, 0.29) is 11.8 Å². The molecule has 0 radical (unpaired) electrons. The molecule has 5 heteroatoms. The van der Waals surface area contributed by atoms with E-state index in [0.717, 1.165) is 22.2 Å². The van der Waals surface area contributed by atoms with E-state index in [1.165, 1.54) is 21.4 Å². The normalized spacial score (nSPS) is 11.6. The summed E-state index contributed by atoms with van der Waals surface area (Å²) in [4.78, 5) is 28.8. The highest BCUT2D eigenvalue weighted by Crippen LogP contribution is 2.30. The van der Waals surface area contributed by atoms with Crippen LogP contribution in [0.25, 0.3) is 28.1 Å². The Morgan fingerprint density at radius 2 is 1.83 bits per heavy atom. The van der Waals surface area contributed by atoms with Gasteiger partial charge in [-0.25, -0.2) is 0 Å². The third-order valence-corrected chi connectivity index (χ3v) is 5.33. The Hall–Kier alpha value is -3.34. The molecule has 5 nitrogen and oxygen atoms in total. The highest BCUT2D eigenvalue weighted by Gasteiger charge is 2.10. The Morgan fingerprint density at radius 3 is 2.57 bits per heavy atom. The summed E-state index contributed by atoms with van der Waals surface area (Å²) < 4.78 is 0. The second-order valence-corrected chi connectivity index (χ2v) is 7.92. The summed E-state index contributed by atoms with van der Waals surface area (Å²) in [6.07, 6.45) is 4.15. The van der Waals surface area contributed by atoms with Crippen LogP contribution < -0.4 is 5.32 Å². The Labute approximate surface area is 177 Å². The van der Waals surface area contributed by atoms with Gasteiger partial charge in [-0.2, -0.15) is 0 Å². The fraction of sp³-hybridized carbons (Fsp3) is 0.280. The van der Waals surface area contributed by atoms with Crippen LogP contribution in [0.4, 0.5) is 0 Å². The number of carbonyl (C=O) groups excluding carboxylic acids is 2. The van der Waals surface area contributed by atoms with Crippen molar-refractivity contribution < 1.29 is 9.59 Å². The van der Waals surface area contributed by atoms with Crippen molar-refractivity contribution in [2.24, 2.45) is 0 Å². The van der Waals surface area contributed by atoms with Gasteiger partial charge in [-0.1, -0.05) is 18.2 Å². The van der Waals surface area contributed by atoms with Gasteiger partial charge in [0.15, 0.2) is 0 Å². The third kappa shape index (κ3) is 4.79. The first-order valence-corrected chi connectivity index (χ1v) is 10.1. The van der Waals surface area contributed by atoms with Crippen LogP contribution in [0.15, 0.2) is 48.2 Å². The second-order valence-electron chi connectivity index (χ2n) is 7.92. The number of aromatic amines is 1. The van der Waals surface area contributed by atoms with Gasteiger partial charge in [0, 0.05) is 44.3 Å². The predicted octanol–water partition coefficient (Wildman–Crippen LogP) is 4.45. The number of aryl methyl sites for hydroxylation is 2. The molecule has 0 fully saturated rings. The van der Waals surface area contributed by atoms with E-state index in [4.69, 9.17) is 0 Å². The number of amides is 2. The Bertz CT molecular complexity index is 1120. The highest BCUT2D eigenvalue weighted by molar-refractivity contribution is 5.97. The molecule has 0 atom stereocenters. The lowest BCUT2D eigenvalue weighted by Gasteiger charge is -2.12. The topological polar surface area (TPSA) is 65.2 Å². The maximum Gasteiger partial charge on any atom is 0.246 e. The molecule has 0 bridgehead atoms. The van der Waals surface area contributed by atoms with E-state index in [2.05, 4.69) is 60.5 Å². The van der Waals surface area contributed by atoms with Crippen molar-refractivity contribution in [2.45, 2.75) is 27.2 Å². The van der Waals surface area contributed by atoms with Gasteiger partial charge >= 0.3 is 0 Å². The Morgan fingerprint density at radius 1 is 1.07 bits per heavy atom. The summed E-state index contributed by atoms with van der Waals surface area (Å²) in [5.74, 6) is -0.155. The summed E-state index contributed by atoms with van der Waals surface area (Å²) in [7, 11) is 3.42. The summed E-state index contributed by atoms with van der Waals surface area (Å²) in [5.41, 5.74) is 7.41. The molecule has 0 aliphatic carbocycles. The average molecular weight is 404 g/mol. The van der Waals surface area contributed by atoms with Gasteiger partial charge in [0.05, 0.1) is 0 Å². The largest absolute Gasteiger partial charge is 0.361 e. The zero-order chi connectivity index (χ0) is 21.8. The van der Waals surface area contributed by atoms with Crippen molar-refractivity contribution >= 4 is 28.8 Å². The molecule has 0 unspecified atom stereocenters. The molecule has 1 aromatic heterocycles. The first-order chi connectivity index (χ1) is 14.3. The summed E-state index contributed by atoms with van der Waals surface area (Å²) in [6, 6.07) is 12.8. The minimum absolute atomic E-state index is 0.00295. The Kier molecular flexibility index (Phi) is 6.40. The number of carbonyl (C=O) groups is 2. The van der Waals surface area contributed by atoms with Crippen molar-refractivity contribution in [3.63, 3.8) is 0 Å². The van der Waals surface area contributed by atoms with Crippen LogP contribution in [0.5, 0.6) is 0 Å². The number of aromatic nitrogens is 1. The van der Waals surface area contributed by atoms with Gasteiger partial charge in [-0.3, -0.25) is 9.59 Å². The molecule has 2 N–H and O–H groups in total. The van der Waals surface area contributed by atoms with Crippen molar-refractivity contribution in [3.05, 3.63) is 64.9 Å². The summed E-state index contributed by atoms with van der Waals surface area (Å²) in [6.45, 7) is 6.28. The lowest BCUT2D eigenvalue weighted by Crippen LogP contribution is -2.30. The van der Waals surface area contributed by atoms with Crippen LogP contribution in [0.3, 0.4) is 0 Å². The van der Waals surface area contributed by atoms with Crippen LogP contribution in [0.1, 0.15) is 30.0 Å². The standard InChI is InChI=1S/C25H29N3O2/c1-16-14-22(19-6-7-23-20(15-19)8-10-26-23)17(2)12-21(16)13-18(3)25(30)27-11-9-24(29)28(4)5/h6-8,10,12-15,26H,9,11H2,1-5H3,(H,27,30). The van der Waals surface area contributed by atoms with Gasteiger partial charge in [0.2, 0.25) is 11.8 Å². The molecule has 156 valence electrons. The number of nitrogens with one attached hydrogen (secondary N) is 2. The number of fused-ring (bicyclic) bond motifs is 1. The first-order valence-electron chi connectivity index (χ1n) is 10.1. The molecule has 0 aliphatic heterocycles. The van der Waals surface area contributed by atoms with Gasteiger partial charge in [-0.15, -0.1) is 0 Å². The molecule has 1 heterocycles. The molecule has 2 amide bonds. The Balaban J connectivity index is 1.77. The summed E-state index contributed by atoms with van der Waals surface area (Å²) in [5, 5.41) is 4.01. The number of H-pyrrole nitrogens is 1. The molecular formula is C25H29N3O2. The first kappa shape index (κ1) is 21.4. The molecule has 3 aromatic rings. The number of hydrogen-bond acceptors (Lipinski definition) is 2. The van der Waals surface area contributed by atoms with Crippen molar-refractivity contribution in [3.8, 4) is 11.1 Å². The zero-order valence-corrected chi connectivity index (χ0v) is 18.3. The lowest BCUT2D eigenvalue weighted by atomic mass is 9.93. The monoisotopic (exact) mass is 403 g/mol. The van der Waals surface area contributed by atoms with Crippen LogP contribution in [-0.4, -0.2) is 42.3 Å². The minimum atomic E-state index is -0.152. The SMILES string of the molecule is CC(=Cc1cc(C)c(-c2ccc3[nH]ccc3c2)cc1C)C(=O)NCCC(=O)N(C)C. The lowest BCUT2D eigenvalue weighted by molar-refractivity contribution is -0.128. The van der Waals surface area contributed by atoms with E-state index in [1.807, 2.05) is 12.3 Å². The number of rotatable bonds is 6. The minimum Gasteiger partial charge on any atom is -0.361 e. The highest BCUT2D eigenvalue weighted by atomic mass is 16.2. The maximum absolute atomic E-state index is 12.4. The quantitative estimate of drug-likeness (QED) is 0.597. The fourth-order valence-corrected chi connectivity index (χ4v) is 3.47. The van der Waals surface area contributed by atoms with E-state index in [9.17, 15) is 9.59 Å². The fourth-order valence-electron chi connectivity index (χ4n) is 3.47. The van der Waals surface area contributed by atoms with Crippen LogP contribution in [-0.2, 0) is 9.59 Å². The van der Waals surface area contributed by atoms with Gasteiger partial charge in [0.1, 0.15) is 0 Å². The second kappa shape index (κ2) is 8.99. The number of hydrogen-bond donors (Lipinski definition) is 2. The molecule has 0 spiro atoms. The van der Waals surface area contributed by atoms with Crippen molar-refractivity contribution in [1.82, 2.24) is 15.2 Å². The van der Waals surface area contributed by atoms with Gasteiger partial charge in [0.25, 0.3) is 0 Å². The van der Waals surface area contributed by atoms with E-state index >= 15 is 0 Å².